The monoisotopic (exact) mass is 260 g/mol. The molecule has 1 heterocycles. The van der Waals surface area contributed by atoms with Gasteiger partial charge in [-0.25, -0.2) is 4.79 Å². The molecule has 1 aromatic heterocycles. The maximum Gasteiger partial charge on any atom is 0.337 e. The van der Waals surface area contributed by atoms with Gasteiger partial charge in [-0.3, -0.25) is 0 Å². The van der Waals surface area contributed by atoms with Crippen LogP contribution in [-0.2, 0) is 6.54 Å². The summed E-state index contributed by atoms with van der Waals surface area (Å²) in [4.78, 5) is 13.1. The Balaban J connectivity index is 2.32. The Morgan fingerprint density at radius 1 is 1.47 bits per heavy atom. The zero-order valence-electron chi connectivity index (χ0n) is 10.9. The van der Waals surface area contributed by atoms with E-state index in [0.717, 1.165) is 17.0 Å². The predicted molar refractivity (Wildman–Crippen MR) is 73.4 cm³/mol. The highest BCUT2D eigenvalue weighted by Gasteiger charge is 2.14. The fourth-order valence-corrected chi connectivity index (χ4v) is 1.90. The van der Waals surface area contributed by atoms with Gasteiger partial charge in [0.2, 0.25) is 0 Å². The molecule has 0 amide bonds. The molecule has 0 aliphatic rings. The molecule has 2 aromatic rings. The smallest absolute Gasteiger partial charge is 0.337 e. The second-order valence-corrected chi connectivity index (χ2v) is 4.46. The van der Waals surface area contributed by atoms with Crippen molar-refractivity contribution in [1.29, 1.82) is 0 Å². The van der Waals surface area contributed by atoms with Crippen LogP contribution in [-0.4, -0.2) is 18.1 Å². The van der Waals surface area contributed by atoms with E-state index in [1.54, 1.807) is 19.3 Å². The molecule has 0 atom stereocenters. The highest BCUT2D eigenvalue weighted by atomic mass is 16.4. The Morgan fingerprint density at radius 2 is 2.21 bits per heavy atom. The molecule has 0 fully saturated rings. The van der Waals surface area contributed by atoms with Gasteiger partial charge in [-0.2, -0.15) is 0 Å². The van der Waals surface area contributed by atoms with Crippen molar-refractivity contribution < 1.29 is 14.3 Å². The van der Waals surface area contributed by atoms with E-state index < -0.39 is 5.97 Å². The number of aromatic carboxylic acids is 1. The third-order valence-electron chi connectivity index (χ3n) is 3.02. The van der Waals surface area contributed by atoms with Gasteiger partial charge in [0.25, 0.3) is 0 Å². The summed E-state index contributed by atoms with van der Waals surface area (Å²) in [5, 5.41) is 9.14. The lowest BCUT2D eigenvalue weighted by atomic mass is 10.1. The fourth-order valence-electron chi connectivity index (χ4n) is 1.90. The second kappa shape index (κ2) is 5.06. The average Bonchev–Trinajstić information content (AvgIpc) is 2.84. The molecular formula is C14H16N2O3. The van der Waals surface area contributed by atoms with Crippen LogP contribution in [0.15, 0.2) is 34.9 Å². The number of anilines is 2. The molecule has 0 aliphatic carbocycles. The van der Waals surface area contributed by atoms with Crippen molar-refractivity contribution in [2.24, 2.45) is 0 Å². The van der Waals surface area contributed by atoms with Crippen LogP contribution in [0.4, 0.5) is 11.4 Å². The standard InChI is InChI=1S/C14H16N2O3/c1-9-6-10(7-12(13(9)15)14(17)18)16(2)8-11-4-3-5-19-11/h3-7H,8,15H2,1-2H3,(H,17,18). The molecule has 0 spiro atoms. The van der Waals surface area contributed by atoms with Gasteiger partial charge in [-0.1, -0.05) is 0 Å². The van der Waals surface area contributed by atoms with Gasteiger partial charge in [0.1, 0.15) is 5.76 Å². The Hall–Kier alpha value is -2.43. The molecule has 1 aromatic carbocycles. The number of nitrogen functional groups attached to an aromatic ring is 1. The maximum absolute atomic E-state index is 11.1. The number of hydrogen-bond acceptors (Lipinski definition) is 4. The Labute approximate surface area is 111 Å². The molecule has 0 aliphatic heterocycles. The molecule has 3 N–H and O–H groups in total. The van der Waals surface area contributed by atoms with Crippen molar-refractivity contribution in [2.75, 3.05) is 17.7 Å². The largest absolute Gasteiger partial charge is 0.478 e. The summed E-state index contributed by atoms with van der Waals surface area (Å²) in [6.45, 7) is 2.36. The Kier molecular flexibility index (Phi) is 3.46. The molecule has 5 nitrogen and oxygen atoms in total. The predicted octanol–water partition coefficient (Wildman–Crippen LogP) is 2.50. The highest BCUT2D eigenvalue weighted by molar-refractivity contribution is 5.95. The van der Waals surface area contributed by atoms with Crippen molar-refractivity contribution >= 4 is 17.3 Å². The molecule has 0 unspecified atom stereocenters. The molecule has 100 valence electrons. The number of carbonyl (C=O) groups is 1. The number of aryl methyl sites for hydroxylation is 1. The first-order chi connectivity index (χ1) is 8.99. The minimum absolute atomic E-state index is 0.126. The van der Waals surface area contributed by atoms with E-state index in [2.05, 4.69) is 0 Å². The van der Waals surface area contributed by atoms with Crippen LogP contribution >= 0.6 is 0 Å². The number of nitrogens with two attached hydrogens (primary N) is 1. The highest BCUT2D eigenvalue weighted by Crippen LogP contribution is 2.25. The van der Waals surface area contributed by atoms with Gasteiger partial charge in [-0.15, -0.1) is 0 Å². The van der Waals surface area contributed by atoms with E-state index in [1.807, 2.05) is 30.1 Å². The van der Waals surface area contributed by atoms with E-state index in [-0.39, 0.29) is 5.56 Å². The van der Waals surface area contributed by atoms with E-state index >= 15 is 0 Å². The fraction of sp³-hybridized carbons (Fsp3) is 0.214. The summed E-state index contributed by atoms with van der Waals surface area (Å²) in [6, 6.07) is 7.14. The number of benzene rings is 1. The van der Waals surface area contributed by atoms with Crippen LogP contribution in [0, 0.1) is 6.92 Å². The number of rotatable bonds is 4. The molecule has 0 bridgehead atoms. The van der Waals surface area contributed by atoms with Crippen molar-refractivity contribution in [2.45, 2.75) is 13.5 Å². The zero-order valence-corrected chi connectivity index (χ0v) is 10.9. The molecule has 0 saturated heterocycles. The van der Waals surface area contributed by atoms with E-state index in [4.69, 9.17) is 15.3 Å². The SMILES string of the molecule is Cc1cc(N(C)Cc2ccco2)cc(C(=O)O)c1N. The van der Waals surface area contributed by atoms with Gasteiger partial charge in [0.05, 0.1) is 18.4 Å². The van der Waals surface area contributed by atoms with Crippen LogP contribution in [0.2, 0.25) is 0 Å². The van der Waals surface area contributed by atoms with Crippen molar-refractivity contribution in [3.63, 3.8) is 0 Å². The van der Waals surface area contributed by atoms with Crippen LogP contribution in [0.1, 0.15) is 21.7 Å². The third kappa shape index (κ3) is 2.70. The van der Waals surface area contributed by atoms with Gasteiger partial charge in [-0.05, 0) is 36.8 Å². The summed E-state index contributed by atoms with van der Waals surface area (Å²) >= 11 is 0. The minimum atomic E-state index is -1.02. The maximum atomic E-state index is 11.1. The Morgan fingerprint density at radius 3 is 2.79 bits per heavy atom. The normalized spacial score (nSPS) is 10.4. The van der Waals surface area contributed by atoms with Gasteiger partial charge < -0.3 is 20.2 Å². The number of carboxylic acid groups (broad SMARTS) is 1. The zero-order chi connectivity index (χ0) is 14.0. The molecule has 5 heteroatoms. The molecule has 19 heavy (non-hydrogen) atoms. The van der Waals surface area contributed by atoms with Crippen LogP contribution in [0.3, 0.4) is 0 Å². The number of furan rings is 1. The number of hydrogen-bond donors (Lipinski definition) is 2. The van der Waals surface area contributed by atoms with E-state index in [9.17, 15) is 4.79 Å². The number of nitrogens with zero attached hydrogens (tertiary/aromatic N) is 1. The van der Waals surface area contributed by atoms with Crippen molar-refractivity contribution in [3.8, 4) is 0 Å². The molecule has 0 saturated carbocycles. The topological polar surface area (TPSA) is 79.7 Å². The lowest BCUT2D eigenvalue weighted by Gasteiger charge is -2.20. The van der Waals surface area contributed by atoms with Crippen LogP contribution in [0.25, 0.3) is 0 Å². The van der Waals surface area contributed by atoms with Gasteiger partial charge in [0, 0.05) is 18.4 Å². The lowest BCUT2D eigenvalue weighted by molar-refractivity contribution is 0.0698. The number of carboxylic acids is 1. The molecule has 0 radical (unpaired) electrons. The summed E-state index contributed by atoms with van der Waals surface area (Å²) in [6.07, 6.45) is 1.61. The van der Waals surface area contributed by atoms with Crippen LogP contribution in [0.5, 0.6) is 0 Å². The van der Waals surface area contributed by atoms with Crippen molar-refractivity contribution in [1.82, 2.24) is 0 Å². The van der Waals surface area contributed by atoms with E-state index in [1.165, 1.54) is 0 Å². The van der Waals surface area contributed by atoms with E-state index in [0.29, 0.717) is 12.2 Å². The average molecular weight is 260 g/mol. The summed E-state index contributed by atoms with van der Waals surface area (Å²) < 4.78 is 5.27. The van der Waals surface area contributed by atoms with Gasteiger partial charge in [0.15, 0.2) is 0 Å². The second-order valence-electron chi connectivity index (χ2n) is 4.46. The Bertz CT molecular complexity index is 591. The molecular weight excluding hydrogens is 244 g/mol. The first-order valence-electron chi connectivity index (χ1n) is 5.86. The minimum Gasteiger partial charge on any atom is -0.478 e. The first-order valence-corrected chi connectivity index (χ1v) is 5.86. The lowest BCUT2D eigenvalue weighted by Crippen LogP contribution is -2.17. The van der Waals surface area contributed by atoms with Crippen LogP contribution < -0.4 is 10.6 Å². The summed E-state index contributed by atoms with van der Waals surface area (Å²) in [7, 11) is 1.87. The molecule has 2 rings (SSSR count). The quantitative estimate of drug-likeness (QED) is 0.826. The van der Waals surface area contributed by atoms with Crippen molar-refractivity contribution in [3.05, 3.63) is 47.4 Å². The summed E-state index contributed by atoms with van der Waals surface area (Å²) in [5.41, 5.74) is 7.75. The summed E-state index contributed by atoms with van der Waals surface area (Å²) in [5.74, 6) is -0.206. The van der Waals surface area contributed by atoms with Gasteiger partial charge >= 0.3 is 5.97 Å². The third-order valence-corrected chi connectivity index (χ3v) is 3.02. The first kappa shape index (κ1) is 13.0.